The van der Waals surface area contributed by atoms with Crippen molar-refractivity contribution in [3.8, 4) is 22.9 Å². The van der Waals surface area contributed by atoms with E-state index >= 15 is 0 Å². The average Bonchev–Trinajstić information content (AvgIpc) is 3.11. The van der Waals surface area contributed by atoms with Crippen molar-refractivity contribution < 1.29 is 9.47 Å². The van der Waals surface area contributed by atoms with Gasteiger partial charge in [-0.3, -0.25) is 0 Å². The third kappa shape index (κ3) is 4.43. The Bertz CT molecular complexity index is 839. The zero-order valence-corrected chi connectivity index (χ0v) is 15.4. The molecule has 0 aliphatic carbocycles. The number of benzene rings is 2. The normalized spacial score (nSPS) is 10.7. The van der Waals surface area contributed by atoms with E-state index < -0.39 is 0 Å². The van der Waals surface area contributed by atoms with Crippen molar-refractivity contribution in [3.05, 3.63) is 47.5 Å². The molecule has 3 aromatic rings. The molecule has 0 radical (unpaired) electrons. The molecular weight excluding hydrogens is 360 g/mol. The Morgan fingerprint density at radius 3 is 2.52 bits per heavy atom. The predicted octanol–water partition coefficient (Wildman–Crippen LogP) is 3.80. The molecule has 3 rings (SSSR count). The van der Waals surface area contributed by atoms with E-state index in [2.05, 4.69) is 15.4 Å². The number of hydrogen-bond donors (Lipinski definition) is 0. The van der Waals surface area contributed by atoms with Gasteiger partial charge in [-0.1, -0.05) is 11.6 Å². The first-order valence-corrected chi connectivity index (χ1v) is 8.94. The van der Waals surface area contributed by atoms with Crippen LogP contribution in [0.15, 0.2) is 47.4 Å². The van der Waals surface area contributed by atoms with E-state index in [1.807, 2.05) is 42.5 Å². The quantitative estimate of drug-likeness (QED) is 0.584. The number of nitrogens with zero attached hydrogens (tertiary/aromatic N) is 4. The molecule has 8 heteroatoms. The fourth-order valence-electron chi connectivity index (χ4n) is 2.20. The lowest BCUT2D eigenvalue weighted by molar-refractivity contribution is 0.355. The van der Waals surface area contributed by atoms with Crippen LogP contribution in [0.3, 0.4) is 0 Å². The molecule has 0 saturated carbocycles. The van der Waals surface area contributed by atoms with Gasteiger partial charge >= 0.3 is 0 Å². The van der Waals surface area contributed by atoms with Crippen LogP contribution in [-0.4, -0.2) is 40.2 Å². The van der Waals surface area contributed by atoms with E-state index in [0.29, 0.717) is 23.9 Å². The zero-order valence-electron chi connectivity index (χ0n) is 13.8. The molecule has 0 aliphatic rings. The second kappa shape index (κ2) is 8.22. The first-order valence-electron chi connectivity index (χ1n) is 7.58. The summed E-state index contributed by atoms with van der Waals surface area (Å²) in [6, 6.07) is 13.3. The summed E-state index contributed by atoms with van der Waals surface area (Å²) in [5, 5.41) is 13.4. The smallest absolute Gasteiger partial charge is 0.205 e. The minimum atomic E-state index is 0.553. The maximum Gasteiger partial charge on any atom is 0.205 e. The molecule has 6 nitrogen and oxygen atoms in total. The van der Waals surface area contributed by atoms with E-state index in [0.717, 1.165) is 21.2 Å². The van der Waals surface area contributed by atoms with Gasteiger partial charge in [0.05, 0.1) is 20.8 Å². The molecule has 0 N–H and O–H groups in total. The summed E-state index contributed by atoms with van der Waals surface area (Å²) in [5.41, 5.74) is 0.828. The van der Waals surface area contributed by atoms with Crippen LogP contribution in [0.5, 0.6) is 11.5 Å². The van der Waals surface area contributed by atoms with Gasteiger partial charge in [-0.05, 0) is 47.7 Å². The summed E-state index contributed by atoms with van der Waals surface area (Å²) < 4.78 is 10.5. The highest BCUT2D eigenvalue weighted by molar-refractivity contribution is 7.99. The Hall–Kier alpha value is -2.25. The first-order chi connectivity index (χ1) is 12.2. The first kappa shape index (κ1) is 17.6. The van der Waals surface area contributed by atoms with E-state index in [9.17, 15) is 0 Å². The predicted molar refractivity (Wildman–Crippen MR) is 98.5 cm³/mol. The molecule has 0 bridgehead atoms. The van der Waals surface area contributed by atoms with Gasteiger partial charge in [0, 0.05) is 21.2 Å². The molecule has 0 atom stereocenters. The topological polar surface area (TPSA) is 62.1 Å². The van der Waals surface area contributed by atoms with Crippen LogP contribution in [0.4, 0.5) is 0 Å². The van der Waals surface area contributed by atoms with Gasteiger partial charge < -0.3 is 9.47 Å². The molecule has 25 heavy (non-hydrogen) atoms. The van der Waals surface area contributed by atoms with Crippen molar-refractivity contribution in [2.75, 3.05) is 20.0 Å². The van der Waals surface area contributed by atoms with Crippen molar-refractivity contribution in [1.29, 1.82) is 0 Å². The summed E-state index contributed by atoms with van der Waals surface area (Å²) >= 11 is 7.60. The summed E-state index contributed by atoms with van der Waals surface area (Å²) in [6.07, 6.45) is 0. The fraction of sp³-hybridized carbons (Fsp3) is 0.235. The van der Waals surface area contributed by atoms with E-state index in [1.54, 1.807) is 30.8 Å². The van der Waals surface area contributed by atoms with Gasteiger partial charge in [0.25, 0.3) is 0 Å². The van der Waals surface area contributed by atoms with Gasteiger partial charge in [-0.2, -0.15) is 4.80 Å². The molecule has 2 aromatic carbocycles. The number of aryl methyl sites for hydroxylation is 1. The van der Waals surface area contributed by atoms with Crippen molar-refractivity contribution in [1.82, 2.24) is 20.2 Å². The zero-order chi connectivity index (χ0) is 17.6. The third-order valence-electron chi connectivity index (χ3n) is 3.47. The summed E-state index contributed by atoms with van der Waals surface area (Å²) in [4.78, 5) is 2.75. The number of ether oxygens (including phenoxy) is 2. The summed E-state index contributed by atoms with van der Waals surface area (Å²) in [7, 11) is 3.20. The molecule has 0 amide bonds. The summed E-state index contributed by atoms with van der Waals surface area (Å²) in [5.74, 6) is 2.69. The second-order valence-electron chi connectivity index (χ2n) is 5.08. The van der Waals surface area contributed by atoms with Gasteiger partial charge in [-0.25, -0.2) is 0 Å². The number of thioether (sulfide) groups is 1. The number of halogens is 1. The number of aromatic nitrogens is 4. The molecule has 130 valence electrons. The molecule has 0 spiro atoms. The van der Waals surface area contributed by atoms with Crippen molar-refractivity contribution in [2.45, 2.75) is 11.4 Å². The second-order valence-corrected chi connectivity index (χ2v) is 6.69. The van der Waals surface area contributed by atoms with E-state index in [1.165, 1.54) is 0 Å². The highest BCUT2D eigenvalue weighted by Crippen LogP contribution is 2.30. The summed E-state index contributed by atoms with van der Waals surface area (Å²) in [6.45, 7) is 0.660. The van der Waals surface area contributed by atoms with Gasteiger partial charge in [0.1, 0.15) is 0 Å². The van der Waals surface area contributed by atoms with Crippen molar-refractivity contribution >= 4 is 23.4 Å². The number of tetrazole rings is 1. The molecule has 0 aliphatic heterocycles. The Morgan fingerprint density at radius 1 is 1.04 bits per heavy atom. The van der Waals surface area contributed by atoms with Crippen molar-refractivity contribution in [3.63, 3.8) is 0 Å². The monoisotopic (exact) mass is 376 g/mol. The Kier molecular flexibility index (Phi) is 5.78. The van der Waals surface area contributed by atoms with Crippen LogP contribution >= 0.6 is 23.4 Å². The third-order valence-corrected chi connectivity index (χ3v) is 4.71. The molecule has 0 unspecified atom stereocenters. The molecule has 1 heterocycles. The molecule has 1 aromatic heterocycles. The van der Waals surface area contributed by atoms with Crippen LogP contribution in [0.1, 0.15) is 0 Å². The van der Waals surface area contributed by atoms with Gasteiger partial charge in [0.2, 0.25) is 5.82 Å². The SMILES string of the molecule is COc1ccc(-c2nnn(CCSc3ccc(Cl)cc3)n2)cc1OC. The van der Waals surface area contributed by atoms with Crippen LogP contribution in [0.2, 0.25) is 5.02 Å². The number of hydrogen-bond acceptors (Lipinski definition) is 6. The lowest BCUT2D eigenvalue weighted by Gasteiger charge is -2.07. The minimum absolute atomic E-state index is 0.553. The largest absolute Gasteiger partial charge is 0.493 e. The van der Waals surface area contributed by atoms with Crippen LogP contribution in [0, 0.1) is 0 Å². The molecule has 0 fully saturated rings. The van der Waals surface area contributed by atoms with Gasteiger partial charge in [-0.15, -0.1) is 22.0 Å². The maximum absolute atomic E-state index is 5.88. The fourth-order valence-corrected chi connectivity index (χ4v) is 3.15. The van der Waals surface area contributed by atoms with Crippen LogP contribution in [-0.2, 0) is 6.54 Å². The van der Waals surface area contributed by atoms with Crippen LogP contribution < -0.4 is 9.47 Å². The van der Waals surface area contributed by atoms with E-state index in [-0.39, 0.29) is 0 Å². The van der Waals surface area contributed by atoms with E-state index in [4.69, 9.17) is 21.1 Å². The lowest BCUT2D eigenvalue weighted by atomic mass is 10.2. The molecule has 0 saturated heterocycles. The Balaban J connectivity index is 1.63. The average molecular weight is 377 g/mol. The molecular formula is C17H17ClN4O2S. The van der Waals surface area contributed by atoms with Crippen LogP contribution in [0.25, 0.3) is 11.4 Å². The number of methoxy groups -OCH3 is 2. The lowest BCUT2D eigenvalue weighted by Crippen LogP contribution is -2.04. The number of rotatable bonds is 7. The minimum Gasteiger partial charge on any atom is -0.493 e. The highest BCUT2D eigenvalue weighted by atomic mass is 35.5. The Morgan fingerprint density at radius 2 is 1.80 bits per heavy atom. The van der Waals surface area contributed by atoms with Gasteiger partial charge in [0.15, 0.2) is 11.5 Å². The highest BCUT2D eigenvalue weighted by Gasteiger charge is 2.10. The van der Waals surface area contributed by atoms with Crippen molar-refractivity contribution in [2.24, 2.45) is 0 Å². The Labute approximate surface area is 155 Å². The maximum atomic E-state index is 5.88. The standard InChI is InChI=1S/C17H17ClN4O2S/c1-23-15-8-3-12(11-16(15)24-2)17-19-21-22(20-17)9-10-25-14-6-4-13(18)5-7-14/h3-8,11H,9-10H2,1-2H3.